The second-order valence-electron chi connectivity index (χ2n) is 9.56. The lowest BCUT2D eigenvalue weighted by molar-refractivity contribution is -0.115. The molecule has 0 saturated carbocycles. The minimum absolute atomic E-state index is 0.0103. The zero-order chi connectivity index (χ0) is 21.4. The van der Waals surface area contributed by atoms with Crippen LogP contribution in [0.3, 0.4) is 0 Å². The Morgan fingerprint density at radius 1 is 1.14 bits per heavy atom. The number of amides is 1. The van der Waals surface area contributed by atoms with Crippen molar-refractivity contribution in [3.63, 3.8) is 0 Å². The molecule has 0 unspecified atom stereocenters. The van der Waals surface area contributed by atoms with Crippen LogP contribution in [0.4, 0.5) is 5.69 Å². The molecular formula is C25H31NO3. The first-order valence-corrected chi connectivity index (χ1v) is 10.2. The Morgan fingerprint density at radius 2 is 1.83 bits per heavy atom. The second kappa shape index (κ2) is 7.66. The van der Waals surface area contributed by atoms with E-state index in [-0.39, 0.29) is 23.2 Å². The molecule has 0 bridgehead atoms. The molecule has 0 atom stereocenters. The Kier molecular flexibility index (Phi) is 5.57. The summed E-state index contributed by atoms with van der Waals surface area (Å²) < 4.78 is 4.82. The molecule has 0 aliphatic heterocycles. The van der Waals surface area contributed by atoms with Crippen LogP contribution in [0.5, 0.6) is 0 Å². The minimum Gasteiger partial charge on any atom is -0.465 e. The number of esters is 1. The van der Waals surface area contributed by atoms with Crippen molar-refractivity contribution in [1.82, 2.24) is 0 Å². The number of methoxy groups -OCH3 is 1. The van der Waals surface area contributed by atoms with Crippen molar-refractivity contribution in [1.29, 1.82) is 0 Å². The van der Waals surface area contributed by atoms with Crippen molar-refractivity contribution >= 4 is 17.6 Å². The van der Waals surface area contributed by atoms with Gasteiger partial charge in [0.05, 0.1) is 24.8 Å². The highest BCUT2D eigenvalue weighted by atomic mass is 16.5. The van der Waals surface area contributed by atoms with Crippen LogP contribution in [0, 0.1) is 0 Å². The topological polar surface area (TPSA) is 55.4 Å². The average molecular weight is 394 g/mol. The number of rotatable bonds is 4. The first kappa shape index (κ1) is 21.1. The van der Waals surface area contributed by atoms with Crippen LogP contribution in [0.1, 0.15) is 73.7 Å². The maximum Gasteiger partial charge on any atom is 0.339 e. The van der Waals surface area contributed by atoms with E-state index in [1.165, 1.54) is 23.8 Å². The van der Waals surface area contributed by atoms with Crippen molar-refractivity contribution < 1.29 is 14.3 Å². The number of ether oxygens (including phenoxy) is 1. The molecule has 0 saturated heterocycles. The highest BCUT2D eigenvalue weighted by Gasteiger charge is 2.33. The predicted octanol–water partition coefficient (Wildman–Crippen LogP) is 5.18. The van der Waals surface area contributed by atoms with Crippen molar-refractivity contribution in [3.05, 3.63) is 64.2 Å². The Hall–Kier alpha value is -2.62. The molecule has 2 aromatic carbocycles. The number of hydrogen-bond acceptors (Lipinski definition) is 3. The van der Waals surface area contributed by atoms with E-state index in [9.17, 15) is 9.59 Å². The molecule has 154 valence electrons. The van der Waals surface area contributed by atoms with Crippen molar-refractivity contribution in [3.8, 4) is 0 Å². The summed E-state index contributed by atoms with van der Waals surface area (Å²) in [4.78, 5) is 24.9. The fraction of sp³-hybridized carbons (Fsp3) is 0.440. The zero-order valence-electron chi connectivity index (χ0n) is 18.3. The molecule has 0 fully saturated rings. The number of anilines is 1. The minimum atomic E-state index is -0.460. The summed E-state index contributed by atoms with van der Waals surface area (Å²) in [6.07, 6.45) is 2.38. The zero-order valence-corrected chi connectivity index (χ0v) is 18.3. The van der Waals surface area contributed by atoms with Gasteiger partial charge in [-0.25, -0.2) is 4.79 Å². The van der Waals surface area contributed by atoms with E-state index in [2.05, 4.69) is 52.1 Å². The first-order chi connectivity index (χ1) is 13.5. The van der Waals surface area contributed by atoms with Gasteiger partial charge in [-0.1, -0.05) is 58.9 Å². The highest BCUT2D eigenvalue weighted by Crippen LogP contribution is 2.42. The fourth-order valence-corrected chi connectivity index (χ4v) is 4.04. The van der Waals surface area contributed by atoms with Crippen LogP contribution in [-0.2, 0) is 33.2 Å². The van der Waals surface area contributed by atoms with Crippen LogP contribution in [-0.4, -0.2) is 19.0 Å². The first-order valence-electron chi connectivity index (χ1n) is 10.2. The summed E-state index contributed by atoms with van der Waals surface area (Å²) in [6.45, 7) is 11.2. The third-order valence-electron chi connectivity index (χ3n) is 5.89. The van der Waals surface area contributed by atoms with Gasteiger partial charge >= 0.3 is 5.97 Å². The number of carbonyl (C=O) groups excluding carboxylic acids is 2. The Morgan fingerprint density at radius 3 is 2.48 bits per heavy atom. The lowest BCUT2D eigenvalue weighted by atomic mass is 9.79. The third-order valence-corrected chi connectivity index (χ3v) is 5.89. The molecule has 4 heteroatoms. The lowest BCUT2D eigenvalue weighted by Gasteiger charge is -2.26. The summed E-state index contributed by atoms with van der Waals surface area (Å²) in [6, 6.07) is 11.4. The molecule has 3 rings (SSSR count). The second-order valence-corrected chi connectivity index (χ2v) is 9.56. The maximum absolute atomic E-state index is 12.9. The van der Waals surface area contributed by atoms with E-state index in [4.69, 9.17) is 4.74 Å². The van der Waals surface area contributed by atoms with Crippen LogP contribution in [0.15, 0.2) is 36.4 Å². The van der Waals surface area contributed by atoms with Gasteiger partial charge in [0.25, 0.3) is 0 Å². The molecule has 2 aromatic rings. The molecule has 1 aliphatic carbocycles. The molecule has 29 heavy (non-hydrogen) atoms. The number of hydrogen-bond donors (Lipinski definition) is 1. The van der Waals surface area contributed by atoms with Crippen LogP contribution >= 0.6 is 0 Å². The van der Waals surface area contributed by atoms with Crippen LogP contribution in [0.2, 0.25) is 0 Å². The molecule has 4 nitrogen and oxygen atoms in total. The van der Waals surface area contributed by atoms with E-state index in [0.717, 1.165) is 18.4 Å². The van der Waals surface area contributed by atoms with E-state index in [1.807, 2.05) is 0 Å². The van der Waals surface area contributed by atoms with Crippen LogP contribution in [0.25, 0.3) is 0 Å². The normalized spacial score (nSPS) is 15.0. The van der Waals surface area contributed by atoms with Gasteiger partial charge in [0.1, 0.15) is 0 Å². The number of para-hydroxylation sites is 1. The Bertz CT molecular complexity index is 951. The molecule has 0 radical (unpaired) electrons. The smallest absolute Gasteiger partial charge is 0.339 e. The average Bonchev–Trinajstić information content (AvgIpc) is 2.96. The van der Waals surface area contributed by atoms with E-state index >= 15 is 0 Å². The molecule has 0 heterocycles. The molecule has 0 spiro atoms. The van der Waals surface area contributed by atoms with Gasteiger partial charge in [0.15, 0.2) is 0 Å². The van der Waals surface area contributed by atoms with E-state index in [0.29, 0.717) is 11.3 Å². The van der Waals surface area contributed by atoms with Crippen molar-refractivity contribution in [2.24, 2.45) is 0 Å². The molecule has 1 amide bonds. The number of carbonyl (C=O) groups is 2. The SMILES string of the molecule is COC(=O)c1ccccc1NC(=O)Cc1cc(C(C)(C)C)cc2c1CCC2(C)C. The number of nitrogens with one attached hydrogen (secondary N) is 1. The summed E-state index contributed by atoms with van der Waals surface area (Å²) in [5.41, 5.74) is 5.99. The summed E-state index contributed by atoms with van der Waals surface area (Å²) in [5, 5.41) is 2.90. The van der Waals surface area contributed by atoms with Gasteiger partial charge in [0.2, 0.25) is 5.91 Å². The number of fused-ring (bicyclic) bond motifs is 1. The van der Waals surface area contributed by atoms with Gasteiger partial charge in [-0.05, 0) is 58.1 Å². The third kappa shape index (κ3) is 4.36. The molecular weight excluding hydrogens is 362 g/mol. The molecule has 0 aromatic heterocycles. The summed E-state index contributed by atoms with van der Waals surface area (Å²) in [5.74, 6) is -0.586. The van der Waals surface area contributed by atoms with Gasteiger partial charge < -0.3 is 10.1 Å². The van der Waals surface area contributed by atoms with Gasteiger partial charge in [-0.15, -0.1) is 0 Å². The van der Waals surface area contributed by atoms with Gasteiger partial charge in [-0.3, -0.25) is 4.79 Å². The number of benzene rings is 2. The monoisotopic (exact) mass is 393 g/mol. The Labute approximate surface area is 173 Å². The van der Waals surface area contributed by atoms with Crippen molar-refractivity contribution in [2.75, 3.05) is 12.4 Å². The largest absolute Gasteiger partial charge is 0.465 e. The van der Waals surface area contributed by atoms with Crippen LogP contribution < -0.4 is 5.32 Å². The van der Waals surface area contributed by atoms with Crippen molar-refractivity contribution in [2.45, 2.75) is 64.7 Å². The summed E-state index contributed by atoms with van der Waals surface area (Å²) >= 11 is 0. The lowest BCUT2D eigenvalue weighted by Crippen LogP contribution is -2.20. The Balaban J connectivity index is 1.92. The van der Waals surface area contributed by atoms with E-state index in [1.54, 1.807) is 24.3 Å². The van der Waals surface area contributed by atoms with Gasteiger partial charge in [0, 0.05) is 0 Å². The molecule has 1 aliphatic rings. The van der Waals surface area contributed by atoms with E-state index < -0.39 is 5.97 Å². The predicted molar refractivity (Wildman–Crippen MR) is 117 cm³/mol. The maximum atomic E-state index is 12.9. The highest BCUT2D eigenvalue weighted by molar-refractivity contribution is 6.01. The quantitative estimate of drug-likeness (QED) is 0.729. The van der Waals surface area contributed by atoms with Gasteiger partial charge in [-0.2, -0.15) is 0 Å². The fourth-order valence-electron chi connectivity index (χ4n) is 4.04. The standard InChI is InChI=1S/C25H31NO3/c1-24(2,3)17-13-16(18-11-12-25(4,5)20(18)15-17)14-22(27)26-21-10-8-7-9-19(21)23(28)29-6/h7-10,13,15H,11-12,14H2,1-6H3,(H,26,27). The summed E-state index contributed by atoms with van der Waals surface area (Å²) in [7, 11) is 1.34. The molecule has 1 N–H and O–H groups in total.